The van der Waals surface area contributed by atoms with Gasteiger partial charge in [0.15, 0.2) is 0 Å². The van der Waals surface area contributed by atoms with Crippen LogP contribution in [0.15, 0.2) is 24.3 Å². The van der Waals surface area contributed by atoms with E-state index in [-0.39, 0.29) is 12.4 Å². The fourth-order valence-electron chi connectivity index (χ4n) is 1.83. The minimum atomic E-state index is 0. The molecular formula is C11H15Cl2N. The fraction of sp³-hybridized carbons (Fsp3) is 0.455. The van der Waals surface area contributed by atoms with E-state index < -0.39 is 0 Å². The average Bonchev–Trinajstić information content (AvgIpc) is 2.20. The SMILES string of the molecule is Cl.Clc1ccc([C@H]2CCCCN2)cc1. The van der Waals surface area contributed by atoms with Crippen LogP contribution in [-0.2, 0) is 0 Å². The Morgan fingerprint density at radius 3 is 2.43 bits per heavy atom. The van der Waals surface area contributed by atoms with E-state index >= 15 is 0 Å². The molecule has 1 aliphatic rings. The van der Waals surface area contributed by atoms with E-state index in [1.807, 2.05) is 12.1 Å². The molecule has 2 rings (SSSR count). The molecule has 3 heteroatoms. The first kappa shape index (κ1) is 11.8. The standard InChI is InChI=1S/C11H14ClN.ClH/c12-10-6-4-9(5-7-10)11-3-1-2-8-13-11;/h4-7,11,13H,1-3,8H2;1H/t11-;/m1./s1. The van der Waals surface area contributed by atoms with Crippen LogP contribution in [0.2, 0.25) is 5.02 Å². The van der Waals surface area contributed by atoms with Gasteiger partial charge in [0.25, 0.3) is 0 Å². The first-order valence-electron chi connectivity index (χ1n) is 4.85. The highest BCUT2D eigenvalue weighted by Crippen LogP contribution is 2.23. The summed E-state index contributed by atoms with van der Waals surface area (Å²) in [6.07, 6.45) is 3.89. The smallest absolute Gasteiger partial charge is 0.0406 e. The van der Waals surface area contributed by atoms with Crippen molar-refractivity contribution in [1.29, 1.82) is 0 Å². The summed E-state index contributed by atoms with van der Waals surface area (Å²) in [5.41, 5.74) is 1.36. The lowest BCUT2D eigenvalue weighted by Gasteiger charge is -2.23. The molecule has 1 aromatic rings. The van der Waals surface area contributed by atoms with Crippen LogP contribution < -0.4 is 5.32 Å². The number of piperidine rings is 1. The Morgan fingerprint density at radius 2 is 1.86 bits per heavy atom. The Bertz CT molecular complexity index is 265. The van der Waals surface area contributed by atoms with Crippen LogP contribution in [0, 0.1) is 0 Å². The molecular weight excluding hydrogens is 217 g/mol. The van der Waals surface area contributed by atoms with Gasteiger partial charge in [-0.3, -0.25) is 0 Å². The van der Waals surface area contributed by atoms with Gasteiger partial charge >= 0.3 is 0 Å². The molecule has 0 saturated carbocycles. The molecule has 0 unspecified atom stereocenters. The maximum Gasteiger partial charge on any atom is 0.0406 e. The lowest BCUT2D eigenvalue weighted by atomic mass is 9.98. The fourth-order valence-corrected chi connectivity index (χ4v) is 1.96. The van der Waals surface area contributed by atoms with Crippen molar-refractivity contribution in [2.45, 2.75) is 25.3 Å². The van der Waals surface area contributed by atoms with E-state index in [0.717, 1.165) is 11.6 Å². The highest BCUT2D eigenvalue weighted by Gasteiger charge is 2.13. The zero-order valence-electron chi connectivity index (χ0n) is 8.00. The second-order valence-electron chi connectivity index (χ2n) is 3.55. The van der Waals surface area contributed by atoms with Gasteiger partial charge in [0.05, 0.1) is 0 Å². The average molecular weight is 232 g/mol. The molecule has 1 heterocycles. The number of nitrogens with one attached hydrogen (secondary N) is 1. The quantitative estimate of drug-likeness (QED) is 0.780. The van der Waals surface area contributed by atoms with E-state index in [2.05, 4.69) is 17.4 Å². The molecule has 0 aliphatic carbocycles. The summed E-state index contributed by atoms with van der Waals surface area (Å²) < 4.78 is 0. The number of hydrogen-bond acceptors (Lipinski definition) is 1. The molecule has 14 heavy (non-hydrogen) atoms. The van der Waals surface area contributed by atoms with Gasteiger partial charge in [-0.2, -0.15) is 0 Å². The van der Waals surface area contributed by atoms with E-state index in [9.17, 15) is 0 Å². The van der Waals surface area contributed by atoms with Crippen molar-refractivity contribution >= 4 is 24.0 Å². The second kappa shape index (κ2) is 5.59. The molecule has 1 nitrogen and oxygen atoms in total. The molecule has 1 saturated heterocycles. The third kappa shape index (κ3) is 2.88. The Labute approximate surface area is 96.3 Å². The van der Waals surface area contributed by atoms with Crippen molar-refractivity contribution in [3.8, 4) is 0 Å². The minimum absolute atomic E-state index is 0. The molecule has 0 aromatic heterocycles. The lowest BCUT2D eigenvalue weighted by Crippen LogP contribution is -2.26. The predicted molar refractivity (Wildman–Crippen MR) is 63.3 cm³/mol. The van der Waals surface area contributed by atoms with Crippen molar-refractivity contribution in [2.75, 3.05) is 6.54 Å². The Balaban J connectivity index is 0.000000980. The molecule has 0 bridgehead atoms. The number of benzene rings is 1. The highest BCUT2D eigenvalue weighted by atomic mass is 35.5. The topological polar surface area (TPSA) is 12.0 Å². The van der Waals surface area contributed by atoms with Crippen molar-refractivity contribution in [2.24, 2.45) is 0 Å². The summed E-state index contributed by atoms with van der Waals surface area (Å²) in [5, 5.41) is 4.33. The molecule has 78 valence electrons. The summed E-state index contributed by atoms with van der Waals surface area (Å²) in [6.45, 7) is 1.15. The van der Waals surface area contributed by atoms with E-state index in [1.165, 1.54) is 24.8 Å². The molecule has 1 atom stereocenters. The summed E-state index contributed by atoms with van der Waals surface area (Å²) in [4.78, 5) is 0. The normalized spacial score (nSPS) is 21.4. The van der Waals surface area contributed by atoms with Crippen molar-refractivity contribution in [3.05, 3.63) is 34.9 Å². The Kier molecular flexibility index (Phi) is 4.73. The molecule has 0 spiro atoms. The summed E-state index contributed by atoms with van der Waals surface area (Å²) in [6, 6.07) is 8.71. The molecule has 1 N–H and O–H groups in total. The summed E-state index contributed by atoms with van der Waals surface area (Å²) in [5.74, 6) is 0. The third-order valence-corrected chi connectivity index (χ3v) is 2.83. The maximum absolute atomic E-state index is 5.83. The van der Waals surface area contributed by atoms with Crippen LogP contribution >= 0.6 is 24.0 Å². The highest BCUT2D eigenvalue weighted by molar-refractivity contribution is 6.30. The predicted octanol–water partition coefficient (Wildman–Crippen LogP) is 3.58. The van der Waals surface area contributed by atoms with Gasteiger partial charge in [-0.1, -0.05) is 30.2 Å². The number of halogens is 2. The summed E-state index contributed by atoms with van der Waals surface area (Å²) >= 11 is 5.83. The minimum Gasteiger partial charge on any atom is -0.310 e. The van der Waals surface area contributed by atoms with E-state index in [1.54, 1.807) is 0 Å². The first-order chi connectivity index (χ1) is 6.36. The van der Waals surface area contributed by atoms with Crippen LogP contribution in [0.4, 0.5) is 0 Å². The van der Waals surface area contributed by atoms with Crippen molar-refractivity contribution in [3.63, 3.8) is 0 Å². The largest absolute Gasteiger partial charge is 0.310 e. The zero-order valence-corrected chi connectivity index (χ0v) is 9.57. The number of rotatable bonds is 1. The first-order valence-corrected chi connectivity index (χ1v) is 5.23. The van der Waals surface area contributed by atoms with E-state index in [4.69, 9.17) is 11.6 Å². The molecule has 1 fully saturated rings. The lowest BCUT2D eigenvalue weighted by molar-refractivity contribution is 0.412. The van der Waals surface area contributed by atoms with Gasteiger partial charge in [0.2, 0.25) is 0 Å². The van der Waals surface area contributed by atoms with Gasteiger partial charge in [-0.15, -0.1) is 12.4 Å². The van der Waals surface area contributed by atoms with Gasteiger partial charge in [0.1, 0.15) is 0 Å². The van der Waals surface area contributed by atoms with Gasteiger partial charge in [0, 0.05) is 11.1 Å². The van der Waals surface area contributed by atoms with Gasteiger partial charge in [-0.25, -0.2) is 0 Å². The molecule has 0 radical (unpaired) electrons. The van der Waals surface area contributed by atoms with Crippen LogP contribution in [0.5, 0.6) is 0 Å². The van der Waals surface area contributed by atoms with Crippen molar-refractivity contribution in [1.82, 2.24) is 5.32 Å². The maximum atomic E-state index is 5.83. The molecule has 0 amide bonds. The van der Waals surface area contributed by atoms with Crippen LogP contribution in [0.25, 0.3) is 0 Å². The molecule has 1 aliphatic heterocycles. The number of hydrogen-bond donors (Lipinski definition) is 1. The van der Waals surface area contributed by atoms with Gasteiger partial charge < -0.3 is 5.32 Å². The zero-order chi connectivity index (χ0) is 9.10. The van der Waals surface area contributed by atoms with Crippen LogP contribution in [-0.4, -0.2) is 6.54 Å². The second-order valence-corrected chi connectivity index (χ2v) is 3.99. The Morgan fingerprint density at radius 1 is 1.14 bits per heavy atom. The summed E-state index contributed by atoms with van der Waals surface area (Å²) in [7, 11) is 0. The van der Waals surface area contributed by atoms with Gasteiger partial charge in [-0.05, 0) is 37.1 Å². The monoisotopic (exact) mass is 231 g/mol. The van der Waals surface area contributed by atoms with E-state index in [0.29, 0.717) is 6.04 Å². The van der Waals surface area contributed by atoms with Crippen LogP contribution in [0.1, 0.15) is 30.9 Å². The van der Waals surface area contributed by atoms with Crippen LogP contribution in [0.3, 0.4) is 0 Å². The third-order valence-electron chi connectivity index (χ3n) is 2.58. The van der Waals surface area contributed by atoms with Crippen molar-refractivity contribution < 1.29 is 0 Å². The molecule has 1 aromatic carbocycles. The Hall–Kier alpha value is -0.240.